The number of nitrogens with zero attached hydrogens (tertiary/aromatic N) is 2. The number of hydrogen-bond donors (Lipinski definition) is 2. The van der Waals surface area contributed by atoms with Crippen molar-refractivity contribution in [2.24, 2.45) is 0 Å². The van der Waals surface area contributed by atoms with Crippen molar-refractivity contribution in [3.63, 3.8) is 0 Å². The van der Waals surface area contributed by atoms with E-state index in [1.165, 1.54) is 0 Å². The van der Waals surface area contributed by atoms with Gasteiger partial charge < -0.3 is 24.3 Å². The Kier molecular flexibility index (Phi) is 5.91. The first-order chi connectivity index (χ1) is 15.4. The number of benzene rings is 1. The predicted molar refractivity (Wildman–Crippen MR) is 120 cm³/mol. The summed E-state index contributed by atoms with van der Waals surface area (Å²) in [5.41, 5.74) is 3.28. The van der Waals surface area contributed by atoms with Gasteiger partial charge in [0.1, 0.15) is 23.3 Å². The molecule has 1 fully saturated rings. The maximum atomic E-state index is 12.6. The number of esters is 1. The van der Waals surface area contributed by atoms with Crippen LogP contribution >= 0.6 is 0 Å². The highest BCUT2D eigenvalue weighted by Gasteiger charge is 2.27. The highest BCUT2D eigenvalue weighted by molar-refractivity contribution is 5.98. The molecule has 0 aliphatic heterocycles. The summed E-state index contributed by atoms with van der Waals surface area (Å²) in [6.45, 7) is 3.41. The van der Waals surface area contributed by atoms with Gasteiger partial charge in [0.15, 0.2) is 6.61 Å². The SMILES string of the molecule is COc1ccc2cc(C(=O)OCC(=O)Nc3c(C#N)c(C)c(C)n3C3CCCC3)[nH]c2c1. The van der Waals surface area contributed by atoms with Crippen LogP contribution in [0, 0.1) is 25.2 Å². The van der Waals surface area contributed by atoms with Gasteiger partial charge in [0.2, 0.25) is 0 Å². The number of rotatable bonds is 6. The van der Waals surface area contributed by atoms with Gasteiger partial charge >= 0.3 is 5.97 Å². The molecule has 2 N–H and O–H groups in total. The molecule has 0 atom stereocenters. The van der Waals surface area contributed by atoms with Gasteiger partial charge in [-0.2, -0.15) is 5.26 Å². The number of nitriles is 1. The van der Waals surface area contributed by atoms with Crippen LogP contribution in [-0.2, 0) is 9.53 Å². The van der Waals surface area contributed by atoms with E-state index >= 15 is 0 Å². The Bertz CT molecular complexity index is 1230. The minimum Gasteiger partial charge on any atom is -0.497 e. The fourth-order valence-corrected chi connectivity index (χ4v) is 4.43. The number of H-pyrrole nitrogens is 1. The van der Waals surface area contributed by atoms with Crippen LogP contribution in [0.15, 0.2) is 24.3 Å². The largest absolute Gasteiger partial charge is 0.497 e. The lowest BCUT2D eigenvalue weighted by atomic mass is 10.2. The van der Waals surface area contributed by atoms with Gasteiger partial charge in [0, 0.05) is 28.7 Å². The number of fused-ring (bicyclic) bond motifs is 1. The Labute approximate surface area is 186 Å². The van der Waals surface area contributed by atoms with E-state index < -0.39 is 18.5 Å². The van der Waals surface area contributed by atoms with Crippen LogP contribution in [0.4, 0.5) is 5.82 Å². The van der Waals surface area contributed by atoms with Crippen molar-refractivity contribution >= 4 is 28.6 Å². The molecule has 4 rings (SSSR count). The molecule has 2 aromatic heterocycles. The number of amides is 1. The number of nitrogens with one attached hydrogen (secondary N) is 2. The van der Waals surface area contributed by atoms with Gasteiger partial charge in [-0.1, -0.05) is 12.8 Å². The molecule has 3 aromatic rings. The summed E-state index contributed by atoms with van der Waals surface area (Å²) in [6, 6.07) is 9.55. The third-order valence-corrected chi connectivity index (χ3v) is 6.20. The van der Waals surface area contributed by atoms with Crippen LogP contribution in [0.5, 0.6) is 5.75 Å². The predicted octanol–water partition coefficient (Wildman–Crippen LogP) is 4.38. The number of methoxy groups -OCH3 is 1. The summed E-state index contributed by atoms with van der Waals surface area (Å²) in [5.74, 6) is 0.0506. The summed E-state index contributed by atoms with van der Waals surface area (Å²) >= 11 is 0. The highest BCUT2D eigenvalue weighted by Crippen LogP contribution is 2.37. The minimum absolute atomic E-state index is 0.250. The molecule has 1 aromatic carbocycles. The average molecular weight is 434 g/mol. The standard InChI is InChI=1S/C24H26N4O4/c1-14-15(2)28(17-6-4-5-7-17)23(19(14)12-25)27-22(29)13-32-24(30)21-10-16-8-9-18(31-3)11-20(16)26-21/h8-11,17,26H,4-7,13H2,1-3H3,(H,27,29). The van der Waals surface area contributed by atoms with Gasteiger partial charge in [0.25, 0.3) is 5.91 Å². The van der Waals surface area contributed by atoms with E-state index in [1.54, 1.807) is 25.3 Å². The number of aromatic nitrogens is 2. The maximum absolute atomic E-state index is 12.6. The Morgan fingerprint density at radius 2 is 2.00 bits per heavy atom. The highest BCUT2D eigenvalue weighted by atomic mass is 16.5. The van der Waals surface area contributed by atoms with Crippen LogP contribution < -0.4 is 10.1 Å². The second-order valence-corrected chi connectivity index (χ2v) is 8.11. The first-order valence-corrected chi connectivity index (χ1v) is 10.7. The van der Waals surface area contributed by atoms with Crippen molar-refractivity contribution in [2.75, 3.05) is 19.0 Å². The lowest BCUT2D eigenvalue weighted by Gasteiger charge is -2.19. The monoisotopic (exact) mass is 434 g/mol. The molecule has 1 saturated carbocycles. The van der Waals surface area contributed by atoms with Crippen molar-refractivity contribution in [1.82, 2.24) is 9.55 Å². The molecule has 8 nitrogen and oxygen atoms in total. The molecule has 8 heteroatoms. The average Bonchev–Trinajstić information content (AvgIpc) is 3.51. The topological polar surface area (TPSA) is 109 Å². The number of aromatic amines is 1. The summed E-state index contributed by atoms with van der Waals surface area (Å²) in [4.78, 5) is 28.1. The zero-order chi connectivity index (χ0) is 22.8. The molecule has 1 amide bonds. The number of ether oxygens (including phenoxy) is 2. The number of carbonyl (C=O) groups is 2. The summed E-state index contributed by atoms with van der Waals surface area (Å²) in [6.07, 6.45) is 4.29. The second kappa shape index (κ2) is 8.79. The number of anilines is 1. The molecule has 0 saturated heterocycles. The smallest absolute Gasteiger partial charge is 0.355 e. The Morgan fingerprint density at radius 3 is 2.69 bits per heavy atom. The molecule has 0 bridgehead atoms. The van der Waals surface area contributed by atoms with E-state index in [0.717, 1.165) is 47.8 Å². The number of carbonyl (C=O) groups excluding carboxylic acids is 2. The molecule has 0 unspecified atom stereocenters. The van der Waals surface area contributed by atoms with Gasteiger partial charge in [-0.05, 0) is 50.5 Å². The fraction of sp³-hybridized carbons (Fsp3) is 0.375. The van der Waals surface area contributed by atoms with Crippen molar-refractivity contribution in [3.05, 3.63) is 46.8 Å². The molecular formula is C24H26N4O4. The zero-order valence-electron chi connectivity index (χ0n) is 18.4. The Morgan fingerprint density at radius 1 is 1.25 bits per heavy atom. The Hall–Kier alpha value is -3.73. The van der Waals surface area contributed by atoms with Gasteiger partial charge in [-0.15, -0.1) is 0 Å². The van der Waals surface area contributed by atoms with Crippen molar-refractivity contribution in [3.8, 4) is 11.8 Å². The molecule has 2 heterocycles. The second-order valence-electron chi connectivity index (χ2n) is 8.11. The molecule has 32 heavy (non-hydrogen) atoms. The molecule has 166 valence electrons. The third-order valence-electron chi connectivity index (χ3n) is 6.20. The fourth-order valence-electron chi connectivity index (χ4n) is 4.43. The van der Waals surface area contributed by atoms with Crippen LogP contribution in [0.3, 0.4) is 0 Å². The minimum atomic E-state index is -0.630. The van der Waals surface area contributed by atoms with E-state index in [-0.39, 0.29) is 11.7 Å². The molecule has 1 aliphatic carbocycles. The van der Waals surface area contributed by atoms with E-state index in [1.807, 2.05) is 19.9 Å². The van der Waals surface area contributed by atoms with Crippen LogP contribution in [-0.4, -0.2) is 35.1 Å². The summed E-state index contributed by atoms with van der Waals surface area (Å²) < 4.78 is 12.5. The van der Waals surface area contributed by atoms with Crippen LogP contribution in [0.25, 0.3) is 10.9 Å². The normalized spacial score (nSPS) is 13.8. The third kappa shape index (κ3) is 3.94. The first-order valence-electron chi connectivity index (χ1n) is 10.7. The molecule has 0 radical (unpaired) electrons. The molecule has 0 spiro atoms. The van der Waals surface area contributed by atoms with E-state index in [9.17, 15) is 14.9 Å². The lowest BCUT2D eigenvalue weighted by molar-refractivity contribution is -0.119. The first kappa shape index (κ1) is 21.5. The van der Waals surface area contributed by atoms with E-state index in [2.05, 4.69) is 20.9 Å². The zero-order valence-corrected chi connectivity index (χ0v) is 18.4. The number of hydrogen-bond acceptors (Lipinski definition) is 5. The summed E-state index contributed by atoms with van der Waals surface area (Å²) in [5, 5.41) is 13.3. The van der Waals surface area contributed by atoms with Crippen LogP contribution in [0.2, 0.25) is 0 Å². The van der Waals surface area contributed by atoms with Gasteiger partial charge in [-0.25, -0.2) is 4.79 Å². The quantitative estimate of drug-likeness (QED) is 0.560. The van der Waals surface area contributed by atoms with Gasteiger partial charge in [-0.3, -0.25) is 4.79 Å². The van der Waals surface area contributed by atoms with Crippen molar-refractivity contribution in [2.45, 2.75) is 45.6 Å². The Balaban J connectivity index is 1.47. The van der Waals surface area contributed by atoms with Crippen molar-refractivity contribution < 1.29 is 19.1 Å². The van der Waals surface area contributed by atoms with E-state index in [4.69, 9.17) is 9.47 Å². The van der Waals surface area contributed by atoms with Crippen molar-refractivity contribution in [1.29, 1.82) is 5.26 Å². The summed E-state index contributed by atoms with van der Waals surface area (Å²) in [7, 11) is 1.57. The van der Waals surface area contributed by atoms with E-state index in [0.29, 0.717) is 17.1 Å². The lowest BCUT2D eigenvalue weighted by Crippen LogP contribution is -2.24. The maximum Gasteiger partial charge on any atom is 0.355 e. The van der Waals surface area contributed by atoms with Gasteiger partial charge in [0.05, 0.1) is 12.7 Å². The molecular weight excluding hydrogens is 408 g/mol. The van der Waals surface area contributed by atoms with Crippen LogP contribution in [0.1, 0.15) is 59.0 Å². The molecule has 1 aliphatic rings.